The van der Waals surface area contributed by atoms with Gasteiger partial charge < -0.3 is 14.8 Å². The van der Waals surface area contributed by atoms with Crippen LogP contribution in [-0.4, -0.2) is 11.7 Å². The summed E-state index contributed by atoms with van der Waals surface area (Å²) >= 11 is 0. The molecule has 2 atom stereocenters. The molecule has 1 aromatic carbocycles. The summed E-state index contributed by atoms with van der Waals surface area (Å²) in [5.41, 5.74) is 0.652. The average molecular weight is 284 g/mol. The highest BCUT2D eigenvalue weighted by atomic mass is 16.4. The van der Waals surface area contributed by atoms with Gasteiger partial charge in [-0.3, -0.25) is 0 Å². The highest BCUT2D eigenvalue weighted by Crippen LogP contribution is 2.23. The normalized spacial score (nSPS) is 15.2. The zero-order valence-corrected chi connectivity index (χ0v) is 12.6. The van der Waals surface area contributed by atoms with E-state index in [-0.39, 0.29) is 6.04 Å². The zero-order valence-electron chi connectivity index (χ0n) is 12.6. The highest BCUT2D eigenvalue weighted by Gasteiger charge is 2.27. The molecule has 0 aliphatic carbocycles. The molecule has 0 saturated carbocycles. The lowest BCUT2D eigenvalue weighted by Crippen LogP contribution is -2.36. The van der Waals surface area contributed by atoms with Crippen molar-refractivity contribution in [2.45, 2.75) is 32.4 Å². The summed E-state index contributed by atoms with van der Waals surface area (Å²) in [5, 5.41) is 22.6. The molecule has 0 fully saturated rings. The number of nitriles is 1. The molecule has 0 aliphatic heterocycles. The number of aliphatic hydroxyl groups is 1. The monoisotopic (exact) mass is 284 g/mol. The number of hydrogen-bond donors (Lipinski definition) is 2. The van der Waals surface area contributed by atoms with Crippen molar-refractivity contribution in [3.63, 3.8) is 0 Å². The predicted octanol–water partition coefficient (Wildman–Crippen LogP) is 3.02. The Labute approximate surface area is 125 Å². The lowest BCUT2D eigenvalue weighted by atomic mass is 10.0. The second-order valence-electron chi connectivity index (χ2n) is 5.52. The smallest absolute Gasteiger partial charge is 0.136 e. The van der Waals surface area contributed by atoms with Gasteiger partial charge in [0.15, 0.2) is 0 Å². The third-order valence-electron chi connectivity index (χ3n) is 3.56. The molecular formula is C17H20N2O2. The molecule has 2 unspecified atom stereocenters. The highest BCUT2D eigenvalue weighted by molar-refractivity contribution is 5.32. The Balaban J connectivity index is 1.99. The van der Waals surface area contributed by atoms with E-state index in [1.807, 2.05) is 32.0 Å². The third-order valence-corrected chi connectivity index (χ3v) is 3.56. The Morgan fingerprint density at radius 2 is 1.95 bits per heavy atom. The van der Waals surface area contributed by atoms with Crippen LogP contribution in [0.1, 0.15) is 42.5 Å². The summed E-state index contributed by atoms with van der Waals surface area (Å²) < 4.78 is 5.49. The van der Waals surface area contributed by atoms with Crippen LogP contribution in [0, 0.1) is 18.3 Å². The summed E-state index contributed by atoms with van der Waals surface area (Å²) in [6.07, 6.45) is 0. The van der Waals surface area contributed by atoms with E-state index >= 15 is 0 Å². The van der Waals surface area contributed by atoms with Gasteiger partial charge in [0.25, 0.3) is 0 Å². The van der Waals surface area contributed by atoms with Crippen LogP contribution in [0.2, 0.25) is 0 Å². The van der Waals surface area contributed by atoms with Gasteiger partial charge in [-0.15, -0.1) is 0 Å². The van der Waals surface area contributed by atoms with Crippen LogP contribution in [-0.2, 0) is 5.60 Å². The van der Waals surface area contributed by atoms with Crippen molar-refractivity contribution in [2.24, 2.45) is 0 Å². The Hall–Kier alpha value is -2.09. The maximum Gasteiger partial charge on any atom is 0.136 e. The van der Waals surface area contributed by atoms with Crippen LogP contribution < -0.4 is 5.32 Å². The van der Waals surface area contributed by atoms with Crippen LogP contribution in [0.4, 0.5) is 0 Å². The molecule has 1 aromatic heterocycles. The summed E-state index contributed by atoms with van der Waals surface area (Å²) in [5.74, 6) is 1.34. The first kappa shape index (κ1) is 15.3. The number of hydrogen-bond acceptors (Lipinski definition) is 4. The molecule has 2 rings (SSSR count). The Morgan fingerprint density at radius 1 is 1.29 bits per heavy atom. The van der Waals surface area contributed by atoms with E-state index in [9.17, 15) is 5.11 Å². The van der Waals surface area contributed by atoms with Gasteiger partial charge in [0, 0.05) is 12.6 Å². The van der Waals surface area contributed by atoms with Crippen molar-refractivity contribution in [1.29, 1.82) is 5.26 Å². The molecule has 0 spiro atoms. The van der Waals surface area contributed by atoms with Crippen LogP contribution in [0.5, 0.6) is 0 Å². The van der Waals surface area contributed by atoms with E-state index in [0.29, 0.717) is 17.9 Å². The maximum atomic E-state index is 10.5. The van der Waals surface area contributed by atoms with Crippen molar-refractivity contribution < 1.29 is 9.52 Å². The number of furan rings is 1. The fourth-order valence-corrected chi connectivity index (χ4v) is 2.13. The first-order valence-corrected chi connectivity index (χ1v) is 6.95. The van der Waals surface area contributed by atoms with Crippen LogP contribution >= 0.6 is 0 Å². The third kappa shape index (κ3) is 3.72. The molecule has 0 radical (unpaired) electrons. The molecule has 4 heteroatoms. The first-order valence-electron chi connectivity index (χ1n) is 6.95. The van der Waals surface area contributed by atoms with E-state index < -0.39 is 5.60 Å². The van der Waals surface area contributed by atoms with E-state index in [1.54, 1.807) is 25.1 Å². The van der Waals surface area contributed by atoms with Crippen molar-refractivity contribution in [1.82, 2.24) is 5.32 Å². The Bertz CT molecular complexity index is 636. The predicted molar refractivity (Wildman–Crippen MR) is 80.6 cm³/mol. The van der Waals surface area contributed by atoms with E-state index in [1.165, 1.54) is 0 Å². The van der Waals surface area contributed by atoms with Gasteiger partial charge in [-0.1, -0.05) is 12.1 Å². The summed E-state index contributed by atoms with van der Waals surface area (Å²) in [6, 6.07) is 13.2. The molecule has 0 saturated heterocycles. The Morgan fingerprint density at radius 3 is 2.48 bits per heavy atom. The molecule has 2 aromatic rings. The minimum atomic E-state index is -1.06. The lowest BCUT2D eigenvalue weighted by molar-refractivity contribution is 0.0313. The minimum Gasteiger partial charge on any atom is -0.463 e. The largest absolute Gasteiger partial charge is 0.463 e. The quantitative estimate of drug-likeness (QED) is 0.885. The van der Waals surface area contributed by atoms with Crippen molar-refractivity contribution in [2.75, 3.05) is 6.54 Å². The molecule has 0 aliphatic rings. The summed E-state index contributed by atoms with van der Waals surface area (Å²) in [6.45, 7) is 5.97. The zero-order chi connectivity index (χ0) is 15.5. The summed E-state index contributed by atoms with van der Waals surface area (Å²) in [4.78, 5) is 0. The van der Waals surface area contributed by atoms with Gasteiger partial charge in [-0.25, -0.2) is 0 Å². The minimum absolute atomic E-state index is 0.0697. The molecule has 0 bridgehead atoms. The van der Waals surface area contributed by atoms with Gasteiger partial charge in [0.1, 0.15) is 17.1 Å². The SMILES string of the molecule is Cc1ccc(C(C)(O)CNC(C)c2ccc(C#N)cc2)o1. The van der Waals surface area contributed by atoms with Gasteiger partial charge in [0.2, 0.25) is 0 Å². The molecule has 21 heavy (non-hydrogen) atoms. The van der Waals surface area contributed by atoms with E-state index in [2.05, 4.69) is 11.4 Å². The van der Waals surface area contributed by atoms with Crippen molar-refractivity contribution in [3.05, 3.63) is 59.0 Å². The van der Waals surface area contributed by atoms with Crippen LogP contribution in [0.15, 0.2) is 40.8 Å². The van der Waals surface area contributed by atoms with Gasteiger partial charge >= 0.3 is 0 Å². The molecule has 110 valence electrons. The van der Waals surface area contributed by atoms with Crippen LogP contribution in [0.3, 0.4) is 0 Å². The number of nitrogens with one attached hydrogen (secondary N) is 1. The summed E-state index contributed by atoms with van der Waals surface area (Å²) in [7, 11) is 0. The maximum absolute atomic E-state index is 10.5. The number of aryl methyl sites for hydroxylation is 1. The van der Waals surface area contributed by atoms with Crippen LogP contribution in [0.25, 0.3) is 0 Å². The topological polar surface area (TPSA) is 69.2 Å². The molecule has 2 N–H and O–H groups in total. The standard InChI is InChI=1S/C17H20N2O2/c1-12-4-9-16(21-12)17(3,20)11-19-13(2)15-7-5-14(10-18)6-8-15/h4-9,13,19-20H,11H2,1-3H3. The van der Waals surface area contributed by atoms with Gasteiger partial charge in [0.05, 0.1) is 11.6 Å². The second kappa shape index (κ2) is 6.13. The Kier molecular flexibility index (Phi) is 4.46. The lowest BCUT2D eigenvalue weighted by Gasteiger charge is -2.24. The molecular weight excluding hydrogens is 264 g/mol. The van der Waals surface area contributed by atoms with Gasteiger partial charge in [-0.2, -0.15) is 5.26 Å². The molecule has 0 amide bonds. The van der Waals surface area contributed by atoms with E-state index in [0.717, 1.165) is 11.3 Å². The number of benzene rings is 1. The number of nitrogens with zero attached hydrogens (tertiary/aromatic N) is 1. The second-order valence-corrected chi connectivity index (χ2v) is 5.52. The number of rotatable bonds is 5. The fraction of sp³-hybridized carbons (Fsp3) is 0.353. The van der Waals surface area contributed by atoms with Crippen molar-refractivity contribution in [3.8, 4) is 6.07 Å². The van der Waals surface area contributed by atoms with Crippen molar-refractivity contribution >= 4 is 0 Å². The fourth-order valence-electron chi connectivity index (χ4n) is 2.13. The molecule has 1 heterocycles. The van der Waals surface area contributed by atoms with E-state index in [4.69, 9.17) is 9.68 Å². The molecule has 4 nitrogen and oxygen atoms in total. The van der Waals surface area contributed by atoms with Gasteiger partial charge in [-0.05, 0) is 50.6 Å². The first-order chi connectivity index (χ1) is 9.92. The average Bonchev–Trinajstić information content (AvgIpc) is 2.92.